The molecule has 120 valence electrons. The summed E-state index contributed by atoms with van der Waals surface area (Å²) in [5.41, 5.74) is 14.7. The van der Waals surface area contributed by atoms with Crippen molar-refractivity contribution in [3.8, 4) is 0 Å². The number of hydrogen-bond acceptors (Lipinski definition) is 0. The van der Waals surface area contributed by atoms with Crippen LogP contribution < -0.4 is 0 Å². The Labute approximate surface area is 141 Å². The van der Waals surface area contributed by atoms with Gasteiger partial charge in [0.05, 0.1) is 0 Å². The van der Waals surface area contributed by atoms with Crippen LogP contribution in [-0.4, -0.2) is 0 Å². The van der Waals surface area contributed by atoms with Gasteiger partial charge in [0.25, 0.3) is 0 Å². The molecule has 0 heterocycles. The fraction of sp³-hybridized carbons (Fsp3) is 0.500. The van der Waals surface area contributed by atoms with Crippen LogP contribution >= 0.6 is 0 Å². The smallest absolute Gasteiger partial charge is 0.196 e. The van der Waals surface area contributed by atoms with E-state index in [1.165, 1.54) is 55.6 Å². The molecule has 0 saturated heterocycles. The standard InChI is InChI=1S/2C10H15.Ni/c2*1-6-7(2)9(4)10(5)8(6)3;/h2*1-5H3;/q2*-1;+2. The predicted octanol–water partition coefficient (Wildman–Crippen LogP) is 5.89. The molecular formula is C20H30Ni. The molecule has 0 aliphatic heterocycles. The summed E-state index contributed by atoms with van der Waals surface area (Å²) in [6.07, 6.45) is 0. The van der Waals surface area contributed by atoms with Gasteiger partial charge in [-0.05, 0) is 0 Å². The van der Waals surface area contributed by atoms with E-state index in [9.17, 15) is 0 Å². The van der Waals surface area contributed by atoms with Gasteiger partial charge in [-0.15, -0.1) is 0 Å². The summed E-state index contributed by atoms with van der Waals surface area (Å²) in [7, 11) is 0. The maximum atomic E-state index is 2.20. The quantitative estimate of drug-likeness (QED) is 0.417. The summed E-state index contributed by atoms with van der Waals surface area (Å²) in [4.78, 5) is 0. The average Bonchev–Trinajstić information content (AvgIpc) is 2.71. The predicted molar refractivity (Wildman–Crippen MR) is 91.4 cm³/mol. The van der Waals surface area contributed by atoms with E-state index < -0.39 is 0 Å². The molecule has 0 atom stereocenters. The molecule has 0 bridgehead atoms. The van der Waals surface area contributed by atoms with Crippen LogP contribution in [0.4, 0.5) is 0 Å². The summed E-state index contributed by atoms with van der Waals surface area (Å²) in [5.74, 6) is 0. The molecular weight excluding hydrogens is 299 g/mol. The van der Waals surface area contributed by atoms with Gasteiger partial charge < -0.3 is 0 Å². The van der Waals surface area contributed by atoms with Crippen molar-refractivity contribution in [2.45, 2.75) is 69.2 Å². The minimum absolute atomic E-state index is 0. The SMILES string of the molecule is Cc1c(C)c(C)[c-](C)c1C.Cc1c(C)c(C)[c-](C)c1C.[Ni+2]. The molecule has 2 aromatic carbocycles. The van der Waals surface area contributed by atoms with Crippen LogP contribution in [0.5, 0.6) is 0 Å². The zero-order valence-electron chi connectivity index (χ0n) is 15.3. The molecule has 0 aromatic heterocycles. The molecule has 0 aliphatic carbocycles. The van der Waals surface area contributed by atoms with Crippen LogP contribution in [0.3, 0.4) is 0 Å². The van der Waals surface area contributed by atoms with E-state index in [2.05, 4.69) is 69.2 Å². The first-order chi connectivity index (χ1) is 9.11. The van der Waals surface area contributed by atoms with Crippen molar-refractivity contribution < 1.29 is 16.5 Å². The Morgan fingerprint density at radius 1 is 0.429 bits per heavy atom. The summed E-state index contributed by atoms with van der Waals surface area (Å²) in [6.45, 7) is 22.0. The van der Waals surface area contributed by atoms with Gasteiger partial charge in [0, 0.05) is 0 Å². The van der Waals surface area contributed by atoms with Gasteiger partial charge in [0.15, 0.2) is 0 Å². The van der Waals surface area contributed by atoms with Crippen molar-refractivity contribution >= 4 is 0 Å². The molecule has 2 rings (SSSR count). The second-order valence-electron chi connectivity index (χ2n) is 6.25. The van der Waals surface area contributed by atoms with Crippen LogP contribution in [0.1, 0.15) is 55.6 Å². The molecule has 0 unspecified atom stereocenters. The summed E-state index contributed by atoms with van der Waals surface area (Å²) < 4.78 is 0. The third kappa shape index (κ3) is 3.69. The summed E-state index contributed by atoms with van der Waals surface area (Å²) in [5, 5.41) is 0. The van der Waals surface area contributed by atoms with Gasteiger partial charge in [-0.25, -0.2) is 0 Å². The number of rotatable bonds is 0. The minimum atomic E-state index is 0. The maximum Gasteiger partial charge on any atom is 2.00 e. The fourth-order valence-corrected chi connectivity index (χ4v) is 2.81. The Hall–Kier alpha value is -0.806. The van der Waals surface area contributed by atoms with E-state index in [-0.39, 0.29) is 16.5 Å². The topological polar surface area (TPSA) is 0 Å². The van der Waals surface area contributed by atoms with Crippen LogP contribution in [-0.2, 0) is 16.5 Å². The Bertz CT molecular complexity index is 404. The van der Waals surface area contributed by atoms with E-state index >= 15 is 0 Å². The molecule has 0 nitrogen and oxygen atoms in total. The van der Waals surface area contributed by atoms with Crippen molar-refractivity contribution in [2.24, 2.45) is 0 Å². The zero-order chi connectivity index (χ0) is 15.8. The van der Waals surface area contributed by atoms with E-state index in [4.69, 9.17) is 0 Å². The molecule has 0 N–H and O–H groups in total. The Balaban J connectivity index is 0.000000364. The minimum Gasteiger partial charge on any atom is -0.196 e. The van der Waals surface area contributed by atoms with E-state index in [0.717, 1.165) is 0 Å². The van der Waals surface area contributed by atoms with Crippen molar-refractivity contribution in [3.63, 3.8) is 0 Å². The van der Waals surface area contributed by atoms with Gasteiger partial charge in [-0.3, -0.25) is 0 Å². The first kappa shape index (κ1) is 20.2. The molecule has 0 aliphatic rings. The van der Waals surface area contributed by atoms with Crippen molar-refractivity contribution in [2.75, 3.05) is 0 Å². The largest absolute Gasteiger partial charge is 2.00 e. The van der Waals surface area contributed by atoms with Crippen LogP contribution in [0.25, 0.3) is 0 Å². The molecule has 0 radical (unpaired) electrons. The molecule has 1 heteroatoms. The zero-order valence-corrected chi connectivity index (χ0v) is 16.3. The average molecular weight is 329 g/mol. The van der Waals surface area contributed by atoms with Gasteiger partial charge in [-0.1, -0.05) is 69.2 Å². The Morgan fingerprint density at radius 3 is 0.619 bits per heavy atom. The third-order valence-corrected chi connectivity index (χ3v) is 5.62. The van der Waals surface area contributed by atoms with Crippen molar-refractivity contribution in [1.82, 2.24) is 0 Å². The van der Waals surface area contributed by atoms with Crippen molar-refractivity contribution in [3.05, 3.63) is 55.6 Å². The molecule has 0 amide bonds. The Morgan fingerprint density at radius 2 is 0.571 bits per heavy atom. The van der Waals surface area contributed by atoms with Crippen LogP contribution in [0.15, 0.2) is 0 Å². The molecule has 21 heavy (non-hydrogen) atoms. The van der Waals surface area contributed by atoms with Gasteiger partial charge in [0.1, 0.15) is 0 Å². The van der Waals surface area contributed by atoms with E-state index in [0.29, 0.717) is 0 Å². The molecule has 2 aromatic rings. The van der Waals surface area contributed by atoms with Crippen molar-refractivity contribution in [1.29, 1.82) is 0 Å². The molecule has 0 saturated carbocycles. The van der Waals surface area contributed by atoms with Gasteiger partial charge in [0.2, 0.25) is 0 Å². The van der Waals surface area contributed by atoms with E-state index in [1.54, 1.807) is 0 Å². The second kappa shape index (κ2) is 7.45. The number of hydrogen-bond donors (Lipinski definition) is 0. The van der Waals surface area contributed by atoms with Gasteiger partial charge >= 0.3 is 16.5 Å². The second-order valence-corrected chi connectivity index (χ2v) is 6.25. The van der Waals surface area contributed by atoms with E-state index in [1.807, 2.05) is 0 Å². The normalized spacial score (nSPS) is 10.0. The van der Waals surface area contributed by atoms with Gasteiger partial charge in [-0.2, -0.15) is 55.6 Å². The fourth-order valence-electron chi connectivity index (χ4n) is 2.81. The molecule has 0 fully saturated rings. The third-order valence-electron chi connectivity index (χ3n) is 5.62. The summed E-state index contributed by atoms with van der Waals surface area (Å²) in [6, 6.07) is 0. The maximum absolute atomic E-state index is 2.20. The first-order valence-corrected chi connectivity index (χ1v) is 7.50. The molecule has 0 spiro atoms. The van der Waals surface area contributed by atoms with Crippen LogP contribution in [0, 0.1) is 69.2 Å². The van der Waals surface area contributed by atoms with Crippen LogP contribution in [0.2, 0.25) is 0 Å². The monoisotopic (exact) mass is 328 g/mol. The first-order valence-electron chi connectivity index (χ1n) is 7.50. The Kier molecular flexibility index (Phi) is 7.17. The summed E-state index contributed by atoms with van der Waals surface area (Å²) >= 11 is 0.